The van der Waals surface area contributed by atoms with Gasteiger partial charge in [0.25, 0.3) is 5.91 Å². The molecule has 0 fully saturated rings. The monoisotopic (exact) mass is 494 g/mol. The lowest BCUT2D eigenvalue weighted by Crippen LogP contribution is -2.11. The van der Waals surface area contributed by atoms with E-state index in [0.29, 0.717) is 16.9 Å². The Kier molecular flexibility index (Phi) is 6.75. The van der Waals surface area contributed by atoms with Gasteiger partial charge in [-0.25, -0.2) is 4.98 Å². The molecule has 1 amide bonds. The van der Waals surface area contributed by atoms with Crippen molar-refractivity contribution < 1.29 is 9.59 Å². The minimum atomic E-state index is -0.143. The Morgan fingerprint density at radius 2 is 1.60 bits per heavy atom. The highest BCUT2D eigenvalue weighted by molar-refractivity contribution is 8.01. The highest BCUT2D eigenvalue weighted by atomic mass is 32.2. The zero-order chi connectivity index (χ0) is 24.2. The maximum atomic E-state index is 12.7. The number of hydrogen-bond acceptors (Lipinski definition) is 5. The van der Waals surface area contributed by atoms with Gasteiger partial charge in [-0.3, -0.25) is 9.59 Å². The first-order chi connectivity index (χ1) is 17.0. The number of anilines is 1. The molecule has 1 aromatic heterocycles. The van der Waals surface area contributed by atoms with Crippen LogP contribution in [0.1, 0.15) is 26.3 Å². The number of hydrogen-bond donors (Lipinski definition) is 1. The quantitative estimate of drug-likeness (QED) is 0.188. The van der Waals surface area contributed by atoms with Crippen LogP contribution in [0, 0.1) is 6.92 Å². The summed E-state index contributed by atoms with van der Waals surface area (Å²) in [5.41, 5.74) is 6.15. The number of aryl methyl sites for hydroxylation is 1. The molecule has 0 atom stereocenters. The van der Waals surface area contributed by atoms with Crippen LogP contribution in [0.15, 0.2) is 101 Å². The molecule has 5 aromatic rings. The van der Waals surface area contributed by atoms with Crippen LogP contribution in [-0.2, 0) is 0 Å². The highest BCUT2D eigenvalue weighted by Gasteiger charge is 2.12. The molecule has 6 heteroatoms. The zero-order valence-electron chi connectivity index (χ0n) is 19.0. The van der Waals surface area contributed by atoms with Gasteiger partial charge < -0.3 is 5.32 Å². The summed E-state index contributed by atoms with van der Waals surface area (Å²) in [4.78, 5) is 29.9. The van der Waals surface area contributed by atoms with Gasteiger partial charge in [0.2, 0.25) is 0 Å². The standard InChI is InChI=1S/C29H22N2O2S2/c1-19-6-5-9-23(16-19)28(33)30-24-14-15-25-27(17-24)35-29(31-25)34-18-26(32)22-12-10-21(11-13-22)20-7-3-2-4-8-20/h2-17H,18H2,1H3,(H,30,33). The van der Waals surface area contributed by atoms with Crippen LogP contribution in [0.5, 0.6) is 0 Å². The lowest BCUT2D eigenvalue weighted by Gasteiger charge is -2.05. The summed E-state index contributed by atoms with van der Waals surface area (Å²) < 4.78 is 1.80. The Labute approximate surface area is 212 Å². The number of nitrogens with one attached hydrogen (secondary N) is 1. The number of thioether (sulfide) groups is 1. The molecule has 0 unspecified atom stereocenters. The van der Waals surface area contributed by atoms with Gasteiger partial charge in [0.15, 0.2) is 10.1 Å². The summed E-state index contributed by atoms with van der Waals surface area (Å²) in [5.74, 6) is 0.248. The molecule has 0 radical (unpaired) electrons. The number of fused-ring (bicyclic) bond motifs is 1. The summed E-state index contributed by atoms with van der Waals surface area (Å²) in [7, 11) is 0. The van der Waals surface area contributed by atoms with Crippen LogP contribution >= 0.6 is 23.1 Å². The minimum Gasteiger partial charge on any atom is -0.322 e. The summed E-state index contributed by atoms with van der Waals surface area (Å²) in [6, 6.07) is 31.0. The van der Waals surface area contributed by atoms with Gasteiger partial charge >= 0.3 is 0 Å². The van der Waals surface area contributed by atoms with Gasteiger partial charge in [0.1, 0.15) is 0 Å². The van der Waals surface area contributed by atoms with Crippen molar-refractivity contribution in [3.63, 3.8) is 0 Å². The van der Waals surface area contributed by atoms with Crippen molar-refractivity contribution in [2.24, 2.45) is 0 Å². The molecule has 4 aromatic carbocycles. The smallest absolute Gasteiger partial charge is 0.255 e. The van der Waals surface area contributed by atoms with Crippen molar-refractivity contribution in [2.75, 3.05) is 11.1 Å². The van der Waals surface area contributed by atoms with Gasteiger partial charge in [0, 0.05) is 16.8 Å². The average Bonchev–Trinajstić information content (AvgIpc) is 3.30. The second-order valence-electron chi connectivity index (χ2n) is 8.14. The van der Waals surface area contributed by atoms with Gasteiger partial charge in [0.05, 0.1) is 16.0 Å². The number of Topliss-reactive ketones (excluding diaryl/α,β-unsaturated/α-hetero) is 1. The van der Waals surface area contributed by atoms with Crippen molar-refractivity contribution in [2.45, 2.75) is 11.3 Å². The Morgan fingerprint density at radius 3 is 2.37 bits per heavy atom. The van der Waals surface area contributed by atoms with Crippen LogP contribution < -0.4 is 5.32 Å². The largest absolute Gasteiger partial charge is 0.322 e. The lowest BCUT2D eigenvalue weighted by atomic mass is 10.0. The number of rotatable bonds is 7. The fourth-order valence-corrected chi connectivity index (χ4v) is 5.72. The molecule has 0 spiro atoms. The molecule has 35 heavy (non-hydrogen) atoms. The van der Waals surface area contributed by atoms with Crippen molar-refractivity contribution in [3.05, 3.63) is 114 Å². The second kappa shape index (κ2) is 10.3. The van der Waals surface area contributed by atoms with Gasteiger partial charge in [-0.05, 0) is 48.4 Å². The van der Waals surface area contributed by atoms with Crippen LogP contribution in [0.25, 0.3) is 21.3 Å². The van der Waals surface area contributed by atoms with E-state index in [2.05, 4.69) is 22.4 Å². The van der Waals surface area contributed by atoms with E-state index in [1.165, 1.54) is 23.1 Å². The summed E-state index contributed by atoms with van der Waals surface area (Å²) >= 11 is 2.96. The summed E-state index contributed by atoms with van der Waals surface area (Å²) in [6.45, 7) is 1.96. The Balaban J connectivity index is 1.23. The minimum absolute atomic E-state index is 0.0694. The van der Waals surface area contributed by atoms with Crippen LogP contribution in [-0.4, -0.2) is 22.4 Å². The number of benzene rings is 4. The molecular formula is C29H22N2O2S2. The van der Waals surface area contributed by atoms with Crippen LogP contribution in [0.3, 0.4) is 0 Å². The van der Waals surface area contributed by atoms with E-state index in [1.54, 1.807) is 6.07 Å². The Hall–Kier alpha value is -3.74. The third-order valence-corrected chi connectivity index (χ3v) is 7.71. The number of nitrogens with zero attached hydrogens (tertiary/aromatic N) is 1. The molecule has 4 nitrogen and oxygen atoms in total. The number of carbonyl (C=O) groups is 2. The fraction of sp³-hybridized carbons (Fsp3) is 0.0690. The number of amides is 1. The predicted molar refractivity (Wildman–Crippen MR) is 146 cm³/mol. The molecule has 0 aliphatic heterocycles. The van der Waals surface area contributed by atoms with E-state index in [0.717, 1.165) is 36.9 Å². The maximum absolute atomic E-state index is 12.7. The molecule has 1 heterocycles. The Bertz CT molecular complexity index is 1510. The zero-order valence-corrected chi connectivity index (χ0v) is 20.7. The molecule has 1 N–H and O–H groups in total. The van der Waals surface area contributed by atoms with Crippen molar-refractivity contribution in [3.8, 4) is 11.1 Å². The lowest BCUT2D eigenvalue weighted by molar-refractivity contribution is 0.101. The first-order valence-electron chi connectivity index (χ1n) is 11.2. The number of aromatic nitrogens is 1. The second-order valence-corrected chi connectivity index (χ2v) is 10.4. The van der Waals surface area contributed by atoms with Crippen molar-refractivity contribution >= 4 is 50.7 Å². The third kappa shape index (κ3) is 5.50. The number of carbonyl (C=O) groups excluding carboxylic acids is 2. The molecule has 0 aliphatic carbocycles. The van der Waals surface area contributed by atoms with Crippen LogP contribution in [0.2, 0.25) is 0 Å². The van der Waals surface area contributed by atoms with Gasteiger partial charge in [-0.1, -0.05) is 84.1 Å². The number of ketones is 1. The summed E-state index contributed by atoms with van der Waals surface area (Å²) in [5, 5.41) is 2.95. The molecule has 0 aliphatic rings. The molecule has 172 valence electrons. The van der Waals surface area contributed by atoms with Crippen molar-refractivity contribution in [1.82, 2.24) is 4.98 Å². The topological polar surface area (TPSA) is 59.1 Å². The molecule has 0 saturated carbocycles. The first kappa shape index (κ1) is 23.0. The average molecular weight is 495 g/mol. The van der Waals surface area contributed by atoms with E-state index in [9.17, 15) is 9.59 Å². The first-order valence-corrected chi connectivity index (χ1v) is 13.0. The SMILES string of the molecule is Cc1cccc(C(=O)Nc2ccc3nc(SCC(=O)c4ccc(-c5ccccc5)cc4)sc3c2)c1. The predicted octanol–water partition coefficient (Wildman–Crippen LogP) is 7.50. The fourth-order valence-electron chi connectivity index (χ4n) is 3.72. The van der Waals surface area contributed by atoms with E-state index >= 15 is 0 Å². The normalized spacial score (nSPS) is 10.9. The van der Waals surface area contributed by atoms with Gasteiger partial charge in [-0.15, -0.1) is 11.3 Å². The number of thiazole rings is 1. The molecule has 0 bridgehead atoms. The molecule has 5 rings (SSSR count). The van der Waals surface area contributed by atoms with E-state index in [4.69, 9.17) is 0 Å². The van der Waals surface area contributed by atoms with Gasteiger partial charge in [-0.2, -0.15) is 0 Å². The van der Waals surface area contributed by atoms with Crippen molar-refractivity contribution in [1.29, 1.82) is 0 Å². The highest BCUT2D eigenvalue weighted by Crippen LogP contribution is 2.32. The van der Waals surface area contributed by atoms with E-state index in [-0.39, 0.29) is 11.7 Å². The maximum Gasteiger partial charge on any atom is 0.255 e. The summed E-state index contributed by atoms with van der Waals surface area (Å²) in [6.07, 6.45) is 0. The Morgan fingerprint density at radius 1 is 0.829 bits per heavy atom. The van der Waals surface area contributed by atoms with Crippen LogP contribution in [0.4, 0.5) is 5.69 Å². The molecule has 0 saturated heterocycles. The third-order valence-electron chi connectivity index (χ3n) is 5.55. The molecular weight excluding hydrogens is 472 g/mol. The van der Waals surface area contributed by atoms with E-state index in [1.807, 2.05) is 85.8 Å². The van der Waals surface area contributed by atoms with E-state index < -0.39 is 0 Å².